The van der Waals surface area contributed by atoms with E-state index in [1.54, 1.807) is 13.1 Å². The first kappa shape index (κ1) is 16.3. The van der Waals surface area contributed by atoms with Crippen LogP contribution in [0.4, 0.5) is 0 Å². The number of ether oxygens (including phenoxy) is 1. The van der Waals surface area contributed by atoms with Crippen LogP contribution in [0.5, 0.6) is 0 Å². The van der Waals surface area contributed by atoms with Gasteiger partial charge in [-0.15, -0.1) is 12.6 Å². The number of nitrogens with zero attached hydrogens (tertiary/aromatic N) is 3. The molecule has 1 fully saturated rings. The zero-order chi connectivity index (χ0) is 16.3. The predicted molar refractivity (Wildman–Crippen MR) is 78.7 cm³/mol. The summed E-state index contributed by atoms with van der Waals surface area (Å²) in [5.41, 5.74) is -0.791. The third-order valence-electron chi connectivity index (χ3n) is 4.16. The van der Waals surface area contributed by atoms with Crippen molar-refractivity contribution in [1.29, 1.82) is 10.5 Å². The quantitative estimate of drug-likeness (QED) is 0.436. The number of nitriles is 2. The molecule has 1 N–H and O–H groups in total. The SMILES string of the molecule is CCOC(=O)C1=C(S)N(C#N)C(=O)[C@@H](C#N)C12CCNCC2. The van der Waals surface area contributed by atoms with Crippen LogP contribution >= 0.6 is 12.6 Å². The Morgan fingerprint density at radius 1 is 1.50 bits per heavy atom. The van der Waals surface area contributed by atoms with Gasteiger partial charge in [0, 0.05) is 5.41 Å². The standard InChI is InChI=1S/C14H16N4O3S/c1-2-21-13(20)10-12(22)18(8-16)11(19)9(7-15)14(10)3-5-17-6-4-14/h9,17,22H,2-6H2,1H3/t9-/m1/s1. The van der Waals surface area contributed by atoms with Gasteiger partial charge in [-0.1, -0.05) is 0 Å². The molecule has 0 aromatic carbocycles. The third-order valence-corrected chi connectivity index (χ3v) is 4.58. The van der Waals surface area contributed by atoms with Crippen LogP contribution in [0.2, 0.25) is 0 Å². The number of rotatable bonds is 2. The summed E-state index contributed by atoms with van der Waals surface area (Å²) in [6.45, 7) is 2.98. The Morgan fingerprint density at radius 3 is 2.64 bits per heavy atom. The lowest BCUT2D eigenvalue weighted by atomic mass is 9.63. The summed E-state index contributed by atoms with van der Waals surface area (Å²) in [7, 11) is 0. The van der Waals surface area contributed by atoms with Crippen molar-refractivity contribution >= 4 is 24.5 Å². The second-order valence-corrected chi connectivity index (χ2v) is 5.58. The molecule has 0 aliphatic carbocycles. The maximum Gasteiger partial charge on any atom is 0.337 e. The number of hydrogen-bond donors (Lipinski definition) is 2. The van der Waals surface area contributed by atoms with E-state index >= 15 is 0 Å². The van der Waals surface area contributed by atoms with Crippen molar-refractivity contribution in [3.05, 3.63) is 10.6 Å². The van der Waals surface area contributed by atoms with Crippen LogP contribution in [-0.4, -0.2) is 36.5 Å². The van der Waals surface area contributed by atoms with Gasteiger partial charge in [0.05, 0.1) is 18.2 Å². The molecule has 1 spiro atoms. The van der Waals surface area contributed by atoms with E-state index in [0.717, 1.165) is 0 Å². The number of carbonyl (C=O) groups is 2. The van der Waals surface area contributed by atoms with Crippen LogP contribution in [0.25, 0.3) is 0 Å². The first-order valence-corrected chi connectivity index (χ1v) is 7.43. The number of nitrogens with one attached hydrogen (secondary N) is 1. The van der Waals surface area contributed by atoms with Crippen LogP contribution in [0, 0.1) is 34.1 Å². The first-order valence-electron chi connectivity index (χ1n) is 6.98. The van der Waals surface area contributed by atoms with Gasteiger partial charge in [-0.2, -0.15) is 10.5 Å². The smallest absolute Gasteiger partial charge is 0.337 e. The van der Waals surface area contributed by atoms with Gasteiger partial charge >= 0.3 is 5.97 Å². The van der Waals surface area contributed by atoms with E-state index in [1.807, 2.05) is 6.07 Å². The lowest BCUT2D eigenvalue weighted by molar-refractivity contribution is -0.143. The van der Waals surface area contributed by atoms with Gasteiger partial charge < -0.3 is 10.1 Å². The molecular formula is C14H16N4O3S. The molecule has 8 heteroatoms. The lowest BCUT2D eigenvalue weighted by Gasteiger charge is -2.45. The van der Waals surface area contributed by atoms with Crippen LogP contribution in [0.1, 0.15) is 19.8 Å². The molecule has 116 valence electrons. The largest absolute Gasteiger partial charge is 0.463 e. The maximum absolute atomic E-state index is 12.4. The zero-order valence-electron chi connectivity index (χ0n) is 12.1. The number of piperidine rings is 1. The molecule has 1 amide bonds. The molecule has 0 saturated carbocycles. The fraction of sp³-hybridized carbons (Fsp3) is 0.571. The molecule has 2 aliphatic heterocycles. The monoisotopic (exact) mass is 320 g/mol. The highest BCUT2D eigenvalue weighted by Crippen LogP contribution is 2.50. The molecule has 0 unspecified atom stereocenters. The fourth-order valence-corrected chi connectivity index (χ4v) is 3.59. The summed E-state index contributed by atoms with van der Waals surface area (Å²) in [5.74, 6) is -2.35. The van der Waals surface area contributed by atoms with Gasteiger partial charge in [0.2, 0.25) is 0 Å². The fourth-order valence-electron chi connectivity index (χ4n) is 3.13. The van der Waals surface area contributed by atoms with E-state index in [2.05, 4.69) is 17.9 Å². The summed E-state index contributed by atoms with van der Waals surface area (Å²) in [6.07, 6.45) is 2.57. The Kier molecular flexibility index (Phi) is 4.74. The van der Waals surface area contributed by atoms with Crippen LogP contribution in [0.3, 0.4) is 0 Å². The Bertz CT molecular complexity index is 611. The summed E-state index contributed by atoms with van der Waals surface area (Å²) >= 11 is 4.22. The lowest BCUT2D eigenvalue weighted by Crippen LogP contribution is -2.53. The molecule has 22 heavy (non-hydrogen) atoms. The first-order chi connectivity index (χ1) is 10.5. The third kappa shape index (κ3) is 2.35. The Labute approximate surface area is 133 Å². The molecule has 2 heterocycles. The summed E-state index contributed by atoms with van der Waals surface area (Å²) in [5, 5.41) is 21.8. The number of carbonyl (C=O) groups excluding carboxylic acids is 2. The summed E-state index contributed by atoms with van der Waals surface area (Å²) in [6, 6.07) is 1.98. The van der Waals surface area contributed by atoms with Crippen molar-refractivity contribution in [2.24, 2.45) is 11.3 Å². The van der Waals surface area contributed by atoms with Gasteiger partial charge in [-0.05, 0) is 32.9 Å². The van der Waals surface area contributed by atoms with Crippen molar-refractivity contribution in [2.75, 3.05) is 19.7 Å². The van der Waals surface area contributed by atoms with E-state index in [-0.39, 0.29) is 17.2 Å². The van der Waals surface area contributed by atoms with Crippen molar-refractivity contribution in [2.45, 2.75) is 19.8 Å². The second-order valence-electron chi connectivity index (χ2n) is 5.16. The molecule has 2 aliphatic rings. The molecule has 0 aromatic heterocycles. The van der Waals surface area contributed by atoms with Gasteiger partial charge in [0.25, 0.3) is 5.91 Å². The Hall–Kier alpha value is -2.03. The Morgan fingerprint density at radius 2 is 2.14 bits per heavy atom. The number of hydrogen-bond acceptors (Lipinski definition) is 7. The number of amides is 1. The molecule has 0 aromatic rings. The van der Waals surface area contributed by atoms with Gasteiger partial charge in [0.1, 0.15) is 10.9 Å². The zero-order valence-corrected chi connectivity index (χ0v) is 13.0. The minimum absolute atomic E-state index is 0.0284. The highest BCUT2D eigenvalue weighted by molar-refractivity contribution is 7.84. The van der Waals surface area contributed by atoms with Crippen molar-refractivity contribution in [1.82, 2.24) is 10.2 Å². The highest BCUT2D eigenvalue weighted by Gasteiger charge is 2.56. The maximum atomic E-state index is 12.4. The second kappa shape index (κ2) is 6.39. The normalized spacial score (nSPS) is 23.9. The highest BCUT2D eigenvalue weighted by atomic mass is 32.1. The topological polar surface area (TPSA) is 106 Å². The molecule has 1 saturated heterocycles. The van der Waals surface area contributed by atoms with Gasteiger partial charge in [0.15, 0.2) is 6.19 Å². The summed E-state index contributed by atoms with van der Waals surface area (Å²) < 4.78 is 5.08. The average molecular weight is 320 g/mol. The van der Waals surface area contributed by atoms with Crippen molar-refractivity contribution < 1.29 is 14.3 Å². The van der Waals surface area contributed by atoms with E-state index < -0.39 is 23.2 Å². The summed E-state index contributed by atoms with van der Waals surface area (Å²) in [4.78, 5) is 25.5. The molecule has 1 atom stereocenters. The average Bonchev–Trinajstić information content (AvgIpc) is 2.49. The van der Waals surface area contributed by atoms with Gasteiger partial charge in [-0.25, -0.2) is 9.69 Å². The van der Waals surface area contributed by atoms with Crippen LogP contribution in [-0.2, 0) is 14.3 Å². The molecule has 2 rings (SSSR count). The predicted octanol–water partition coefficient (Wildman–Crippen LogP) is 0.524. The van der Waals surface area contributed by atoms with Gasteiger partial charge in [-0.3, -0.25) is 4.79 Å². The number of thiol groups is 1. The van der Waals surface area contributed by atoms with Crippen molar-refractivity contribution in [3.8, 4) is 12.3 Å². The van der Waals surface area contributed by atoms with Crippen LogP contribution < -0.4 is 5.32 Å². The van der Waals surface area contributed by atoms with Crippen LogP contribution in [0.15, 0.2) is 10.6 Å². The minimum Gasteiger partial charge on any atom is -0.463 e. The van der Waals surface area contributed by atoms with E-state index in [0.29, 0.717) is 30.8 Å². The van der Waals surface area contributed by atoms with E-state index in [9.17, 15) is 14.9 Å². The Balaban J connectivity index is 2.66. The number of esters is 1. The van der Waals surface area contributed by atoms with E-state index in [1.165, 1.54) is 0 Å². The molecular weight excluding hydrogens is 304 g/mol. The molecule has 7 nitrogen and oxygen atoms in total. The molecule has 0 bridgehead atoms. The van der Waals surface area contributed by atoms with E-state index in [4.69, 9.17) is 10.00 Å². The van der Waals surface area contributed by atoms with Crippen molar-refractivity contribution in [3.63, 3.8) is 0 Å². The molecule has 0 radical (unpaired) electrons. The minimum atomic E-state index is -1.09.